The number of halogens is 1. The molecule has 0 bridgehead atoms. The lowest BCUT2D eigenvalue weighted by Gasteiger charge is -2.26. The maximum atomic E-state index is 6.00. The molecule has 5 nitrogen and oxygen atoms in total. The van der Waals surface area contributed by atoms with Gasteiger partial charge in [-0.05, 0) is 20.0 Å². The second-order valence-electron chi connectivity index (χ2n) is 5.18. The number of anilines is 1. The van der Waals surface area contributed by atoms with Gasteiger partial charge in [-0.25, -0.2) is 9.97 Å². The van der Waals surface area contributed by atoms with E-state index in [-0.39, 0.29) is 0 Å². The lowest BCUT2D eigenvalue weighted by molar-refractivity contribution is 0.178. The van der Waals surface area contributed by atoms with Crippen LogP contribution in [-0.2, 0) is 11.3 Å². The molecule has 0 aromatic carbocycles. The van der Waals surface area contributed by atoms with E-state index in [9.17, 15) is 0 Å². The molecule has 1 atom stereocenters. The molecular weight excluding hydrogens is 264 g/mol. The Morgan fingerprint density at radius 3 is 2.58 bits per heavy atom. The number of aromatic nitrogens is 2. The molecular formula is C13H23ClN4O. The fraction of sp³-hybridized carbons (Fsp3) is 0.692. The lowest BCUT2D eigenvalue weighted by atomic mass is 10.0. The van der Waals surface area contributed by atoms with Crippen LogP contribution in [0.25, 0.3) is 0 Å². The van der Waals surface area contributed by atoms with Crippen LogP contribution in [-0.4, -0.2) is 48.7 Å². The number of nitrogens with one attached hydrogen (secondary N) is 1. The van der Waals surface area contributed by atoms with Crippen LogP contribution in [0.4, 0.5) is 5.82 Å². The summed E-state index contributed by atoms with van der Waals surface area (Å²) in [7, 11) is 5.72. The van der Waals surface area contributed by atoms with Gasteiger partial charge in [-0.3, -0.25) is 0 Å². The quantitative estimate of drug-likeness (QED) is 0.779. The number of hydrogen-bond donors (Lipinski definition) is 1. The Morgan fingerprint density at radius 1 is 1.37 bits per heavy atom. The first-order chi connectivity index (χ1) is 8.92. The van der Waals surface area contributed by atoms with Crippen LogP contribution < -0.4 is 5.32 Å². The summed E-state index contributed by atoms with van der Waals surface area (Å²) in [5.74, 6) is 1.82. The maximum Gasteiger partial charge on any atom is 0.158 e. The Bertz CT molecular complexity index is 398. The molecule has 1 unspecified atom stereocenters. The van der Waals surface area contributed by atoms with E-state index in [2.05, 4.69) is 48.1 Å². The van der Waals surface area contributed by atoms with Gasteiger partial charge in [-0.15, -0.1) is 0 Å². The SMILES string of the molecule is COCc1nc(Cl)cc(NC(CN(C)C)C(C)C)n1. The molecule has 0 aliphatic rings. The van der Waals surface area contributed by atoms with Crippen molar-refractivity contribution in [3.05, 3.63) is 17.0 Å². The van der Waals surface area contributed by atoms with Gasteiger partial charge in [0, 0.05) is 25.8 Å². The van der Waals surface area contributed by atoms with Crippen LogP contribution in [0.15, 0.2) is 6.07 Å². The summed E-state index contributed by atoms with van der Waals surface area (Å²) < 4.78 is 5.04. The van der Waals surface area contributed by atoms with Crippen molar-refractivity contribution in [2.24, 2.45) is 5.92 Å². The third-order valence-corrected chi connectivity index (χ3v) is 2.91. The van der Waals surface area contributed by atoms with Crippen molar-refractivity contribution < 1.29 is 4.74 Å². The van der Waals surface area contributed by atoms with Crippen LogP contribution >= 0.6 is 11.6 Å². The van der Waals surface area contributed by atoms with Crippen molar-refractivity contribution in [3.8, 4) is 0 Å². The van der Waals surface area contributed by atoms with Gasteiger partial charge in [0.25, 0.3) is 0 Å². The molecule has 1 heterocycles. The molecule has 0 saturated carbocycles. The molecule has 19 heavy (non-hydrogen) atoms. The first kappa shape index (κ1) is 16.1. The smallest absolute Gasteiger partial charge is 0.158 e. The highest BCUT2D eigenvalue weighted by atomic mass is 35.5. The van der Waals surface area contributed by atoms with E-state index in [4.69, 9.17) is 16.3 Å². The number of hydrogen-bond acceptors (Lipinski definition) is 5. The van der Waals surface area contributed by atoms with Crippen LogP contribution in [0.3, 0.4) is 0 Å². The molecule has 0 saturated heterocycles. The Kier molecular flexibility index (Phi) is 6.48. The first-order valence-electron chi connectivity index (χ1n) is 6.36. The molecule has 108 valence electrons. The maximum absolute atomic E-state index is 6.00. The van der Waals surface area contributed by atoms with Crippen LogP contribution in [0, 0.1) is 5.92 Å². The second kappa shape index (κ2) is 7.62. The fourth-order valence-corrected chi connectivity index (χ4v) is 1.94. The van der Waals surface area contributed by atoms with Gasteiger partial charge in [0.05, 0.1) is 0 Å². The highest BCUT2D eigenvalue weighted by molar-refractivity contribution is 6.29. The molecule has 6 heteroatoms. The topological polar surface area (TPSA) is 50.3 Å². The van der Waals surface area contributed by atoms with E-state index in [0.29, 0.717) is 29.5 Å². The zero-order valence-electron chi connectivity index (χ0n) is 12.3. The van der Waals surface area contributed by atoms with E-state index >= 15 is 0 Å². The Morgan fingerprint density at radius 2 is 2.05 bits per heavy atom. The van der Waals surface area contributed by atoms with Crippen molar-refractivity contribution in [2.45, 2.75) is 26.5 Å². The Balaban J connectivity index is 2.83. The predicted molar refractivity (Wildman–Crippen MR) is 78.6 cm³/mol. The van der Waals surface area contributed by atoms with Gasteiger partial charge in [-0.2, -0.15) is 0 Å². The monoisotopic (exact) mass is 286 g/mol. The number of likely N-dealkylation sites (N-methyl/N-ethyl adjacent to an activating group) is 1. The predicted octanol–water partition coefficient (Wildman–Crippen LogP) is 2.27. The summed E-state index contributed by atoms with van der Waals surface area (Å²) in [5, 5.41) is 3.84. The number of rotatable bonds is 7. The van der Waals surface area contributed by atoms with Crippen molar-refractivity contribution in [1.29, 1.82) is 0 Å². The van der Waals surface area contributed by atoms with Gasteiger partial charge < -0.3 is 15.0 Å². The van der Waals surface area contributed by atoms with Gasteiger partial charge in [0.1, 0.15) is 17.6 Å². The van der Waals surface area contributed by atoms with Crippen molar-refractivity contribution in [1.82, 2.24) is 14.9 Å². The largest absolute Gasteiger partial charge is 0.377 e. The van der Waals surface area contributed by atoms with Crippen molar-refractivity contribution >= 4 is 17.4 Å². The zero-order chi connectivity index (χ0) is 14.4. The summed E-state index contributed by atoms with van der Waals surface area (Å²) >= 11 is 6.00. The third kappa shape index (κ3) is 5.72. The molecule has 0 aliphatic carbocycles. The summed E-state index contributed by atoms with van der Waals surface area (Å²) in [4.78, 5) is 10.7. The van der Waals surface area contributed by atoms with Crippen molar-refractivity contribution in [3.63, 3.8) is 0 Å². The molecule has 0 fully saturated rings. The molecule has 1 rings (SSSR count). The second-order valence-corrected chi connectivity index (χ2v) is 5.57. The minimum Gasteiger partial charge on any atom is -0.377 e. The highest BCUT2D eigenvalue weighted by Gasteiger charge is 2.15. The minimum absolute atomic E-state index is 0.302. The van der Waals surface area contributed by atoms with E-state index in [1.54, 1.807) is 13.2 Å². The Labute approximate surface area is 120 Å². The molecule has 0 radical (unpaired) electrons. The minimum atomic E-state index is 0.302. The number of ether oxygens (including phenoxy) is 1. The van der Waals surface area contributed by atoms with E-state index in [1.165, 1.54) is 0 Å². The Hall–Kier alpha value is -0.910. The van der Waals surface area contributed by atoms with E-state index in [1.807, 2.05) is 0 Å². The summed E-state index contributed by atoms with van der Waals surface area (Å²) in [6.07, 6.45) is 0. The van der Waals surface area contributed by atoms with Gasteiger partial charge >= 0.3 is 0 Å². The van der Waals surface area contributed by atoms with Crippen molar-refractivity contribution in [2.75, 3.05) is 33.1 Å². The normalized spacial score (nSPS) is 13.1. The van der Waals surface area contributed by atoms with Gasteiger partial charge in [0.15, 0.2) is 5.82 Å². The van der Waals surface area contributed by atoms with E-state index in [0.717, 1.165) is 12.4 Å². The van der Waals surface area contributed by atoms with Crippen LogP contribution in [0.5, 0.6) is 0 Å². The molecule has 0 spiro atoms. The summed E-state index contributed by atoms with van der Waals surface area (Å²) in [5.41, 5.74) is 0. The zero-order valence-corrected chi connectivity index (χ0v) is 13.0. The molecule has 0 amide bonds. The highest BCUT2D eigenvalue weighted by Crippen LogP contribution is 2.15. The van der Waals surface area contributed by atoms with Gasteiger partial charge in [-0.1, -0.05) is 25.4 Å². The third-order valence-electron chi connectivity index (χ3n) is 2.71. The van der Waals surface area contributed by atoms with Crippen LogP contribution in [0.2, 0.25) is 5.15 Å². The number of nitrogens with zero attached hydrogens (tertiary/aromatic N) is 3. The fourth-order valence-electron chi connectivity index (χ4n) is 1.74. The first-order valence-corrected chi connectivity index (χ1v) is 6.73. The number of methoxy groups -OCH3 is 1. The molecule has 0 aliphatic heterocycles. The summed E-state index contributed by atoms with van der Waals surface area (Å²) in [6, 6.07) is 2.04. The molecule has 1 N–H and O–H groups in total. The average molecular weight is 287 g/mol. The van der Waals surface area contributed by atoms with E-state index < -0.39 is 0 Å². The summed E-state index contributed by atoms with van der Waals surface area (Å²) in [6.45, 7) is 5.65. The average Bonchev–Trinajstić information content (AvgIpc) is 2.27. The molecule has 1 aromatic heterocycles. The van der Waals surface area contributed by atoms with Crippen LogP contribution in [0.1, 0.15) is 19.7 Å². The lowest BCUT2D eigenvalue weighted by Crippen LogP contribution is -2.36. The molecule has 1 aromatic rings. The standard InChI is InChI=1S/C13H23ClN4O/c1-9(2)10(7-18(3)4)15-12-6-11(14)16-13(17-12)8-19-5/h6,9-10H,7-8H2,1-5H3,(H,15,16,17). The van der Waals surface area contributed by atoms with Gasteiger partial charge in [0.2, 0.25) is 0 Å².